The van der Waals surface area contributed by atoms with Gasteiger partial charge in [-0.1, -0.05) is 60.3 Å². The number of thioether (sulfide) groups is 1. The molecule has 0 bridgehead atoms. The zero-order valence-corrected chi connectivity index (χ0v) is 20.0. The highest BCUT2D eigenvalue weighted by atomic mass is 32.2. The number of halogens is 1. The number of nitrogens with one attached hydrogen (secondary N) is 1. The Balaban J connectivity index is 1.43. The molecule has 4 rings (SSSR count). The third kappa shape index (κ3) is 6.68. The summed E-state index contributed by atoms with van der Waals surface area (Å²) in [4.78, 5) is 12.4. The predicted molar refractivity (Wildman–Crippen MR) is 134 cm³/mol. The van der Waals surface area contributed by atoms with Crippen LogP contribution in [0.1, 0.15) is 5.82 Å². The molecule has 180 valence electrons. The van der Waals surface area contributed by atoms with Crippen molar-refractivity contribution in [2.24, 2.45) is 0 Å². The van der Waals surface area contributed by atoms with E-state index in [0.29, 0.717) is 29.8 Å². The molecule has 0 spiro atoms. The van der Waals surface area contributed by atoms with Crippen LogP contribution in [-0.4, -0.2) is 40.1 Å². The molecule has 0 saturated heterocycles. The smallest absolute Gasteiger partial charge is 0.234 e. The van der Waals surface area contributed by atoms with Gasteiger partial charge < -0.3 is 19.4 Å². The number of carbonyl (C=O) groups excluding carboxylic acids is 1. The Morgan fingerprint density at radius 1 is 1.00 bits per heavy atom. The Hall–Kier alpha value is -3.69. The number of hydrogen-bond donors (Lipinski definition) is 1. The SMILES string of the molecule is COCCn1c(COc2ccccc2-c2ccccc2)nnc1SCC(=O)Nc1ccc(F)cc1. The predicted octanol–water partition coefficient (Wildman–Crippen LogP) is 5.04. The molecule has 0 saturated carbocycles. The van der Waals surface area contributed by atoms with Crippen LogP contribution in [0.25, 0.3) is 11.1 Å². The second kappa shape index (κ2) is 12.1. The molecule has 0 atom stereocenters. The van der Waals surface area contributed by atoms with E-state index in [2.05, 4.69) is 15.5 Å². The number of para-hydroxylation sites is 1. The Labute approximate surface area is 207 Å². The van der Waals surface area contributed by atoms with Crippen LogP contribution in [-0.2, 0) is 22.7 Å². The third-order valence-electron chi connectivity index (χ3n) is 5.10. The van der Waals surface area contributed by atoms with Gasteiger partial charge in [0.15, 0.2) is 11.0 Å². The van der Waals surface area contributed by atoms with Crippen molar-refractivity contribution in [2.75, 3.05) is 24.8 Å². The molecule has 0 aliphatic rings. The highest BCUT2D eigenvalue weighted by molar-refractivity contribution is 7.99. The molecule has 0 fully saturated rings. The lowest BCUT2D eigenvalue weighted by Gasteiger charge is -2.13. The maximum absolute atomic E-state index is 13.1. The first-order valence-corrected chi connectivity index (χ1v) is 12.0. The zero-order chi connectivity index (χ0) is 24.5. The van der Waals surface area contributed by atoms with Crippen molar-refractivity contribution in [2.45, 2.75) is 18.3 Å². The first kappa shape index (κ1) is 24.4. The molecule has 1 aromatic heterocycles. The van der Waals surface area contributed by atoms with Crippen LogP contribution >= 0.6 is 11.8 Å². The van der Waals surface area contributed by atoms with E-state index in [1.165, 1.54) is 36.0 Å². The number of hydrogen-bond acceptors (Lipinski definition) is 6. The molecule has 0 aliphatic heterocycles. The van der Waals surface area contributed by atoms with Gasteiger partial charge in [-0.3, -0.25) is 4.79 Å². The third-order valence-corrected chi connectivity index (χ3v) is 6.07. The van der Waals surface area contributed by atoms with Crippen LogP contribution in [0.4, 0.5) is 10.1 Å². The molecule has 0 aliphatic carbocycles. The first-order valence-electron chi connectivity index (χ1n) is 11.0. The van der Waals surface area contributed by atoms with Gasteiger partial charge >= 0.3 is 0 Å². The van der Waals surface area contributed by atoms with Gasteiger partial charge in [0.05, 0.1) is 12.4 Å². The summed E-state index contributed by atoms with van der Waals surface area (Å²) >= 11 is 1.26. The summed E-state index contributed by atoms with van der Waals surface area (Å²) in [7, 11) is 1.62. The van der Waals surface area contributed by atoms with Gasteiger partial charge in [-0.05, 0) is 35.9 Å². The Morgan fingerprint density at radius 3 is 2.51 bits per heavy atom. The number of ether oxygens (including phenoxy) is 2. The molecule has 1 amide bonds. The van der Waals surface area contributed by atoms with Crippen molar-refractivity contribution in [1.82, 2.24) is 14.8 Å². The largest absolute Gasteiger partial charge is 0.485 e. The highest BCUT2D eigenvalue weighted by Gasteiger charge is 2.16. The van der Waals surface area contributed by atoms with Crippen LogP contribution in [0.2, 0.25) is 0 Å². The quantitative estimate of drug-likeness (QED) is 0.296. The number of carbonyl (C=O) groups is 1. The minimum absolute atomic E-state index is 0.125. The van der Waals surface area contributed by atoms with E-state index >= 15 is 0 Å². The first-order chi connectivity index (χ1) is 17.1. The fourth-order valence-corrected chi connectivity index (χ4v) is 4.17. The minimum Gasteiger partial charge on any atom is -0.485 e. The van der Waals surface area contributed by atoms with Crippen LogP contribution < -0.4 is 10.1 Å². The van der Waals surface area contributed by atoms with Crippen molar-refractivity contribution in [3.8, 4) is 16.9 Å². The van der Waals surface area contributed by atoms with E-state index in [4.69, 9.17) is 9.47 Å². The number of benzene rings is 3. The summed E-state index contributed by atoms with van der Waals surface area (Å²) in [6, 6.07) is 23.5. The van der Waals surface area contributed by atoms with E-state index < -0.39 is 0 Å². The summed E-state index contributed by atoms with van der Waals surface area (Å²) in [6.45, 7) is 1.19. The van der Waals surface area contributed by atoms with Gasteiger partial charge in [0.2, 0.25) is 5.91 Å². The number of aromatic nitrogens is 3. The lowest BCUT2D eigenvalue weighted by atomic mass is 10.1. The average Bonchev–Trinajstić information content (AvgIpc) is 3.28. The standard InChI is InChI=1S/C26H25FN4O3S/c1-33-16-15-31-24(17-34-23-10-6-5-9-22(23)19-7-3-2-4-8-19)29-30-26(31)35-18-25(32)28-21-13-11-20(27)12-14-21/h2-14H,15-18H2,1H3,(H,28,32). The maximum atomic E-state index is 13.1. The van der Waals surface area contributed by atoms with Crippen molar-refractivity contribution in [3.63, 3.8) is 0 Å². The fourth-order valence-electron chi connectivity index (χ4n) is 3.39. The zero-order valence-electron chi connectivity index (χ0n) is 19.2. The topological polar surface area (TPSA) is 78.3 Å². The van der Waals surface area contributed by atoms with E-state index in [0.717, 1.165) is 16.9 Å². The molecule has 0 radical (unpaired) electrons. The monoisotopic (exact) mass is 492 g/mol. The lowest BCUT2D eigenvalue weighted by molar-refractivity contribution is -0.113. The average molecular weight is 493 g/mol. The molecule has 4 aromatic rings. The molecular weight excluding hydrogens is 467 g/mol. The van der Waals surface area contributed by atoms with Crippen LogP contribution in [0.5, 0.6) is 5.75 Å². The fraction of sp³-hybridized carbons (Fsp3) is 0.192. The van der Waals surface area contributed by atoms with Crippen molar-refractivity contribution in [1.29, 1.82) is 0 Å². The van der Waals surface area contributed by atoms with E-state index in [-0.39, 0.29) is 24.1 Å². The molecule has 7 nitrogen and oxygen atoms in total. The second-order valence-corrected chi connectivity index (χ2v) is 8.48. The summed E-state index contributed by atoms with van der Waals surface area (Å²) in [6.07, 6.45) is 0. The summed E-state index contributed by atoms with van der Waals surface area (Å²) < 4.78 is 26.3. The van der Waals surface area contributed by atoms with Gasteiger partial charge in [-0.15, -0.1) is 10.2 Å². The molecule has 9 heteroatoms. The molecule has 0 unspecified atom stereocenters. The summed E-state index contributed by atoms with van der Waals surface area (Å²) in [5.74, 6) is 0.918. The number of anilines is 1. The van der Waals surface area contributed by atoms with Gasteiger partial charge in [0.1, 0.15) is 18.2 Å². The van der Waals surface area contributed by atoms with E-state index in [1.54, 1.807) is 7.11 Å². The molecule has 35 heavy (non-hydrogen) atoms. The Bertz CT molecular complexity index is 1250. The number of nitrogens with zero attached hydrogens (tertiary/aromatic N) is 3. The van der Waals surface area contributed by atoms with Crippen molar-refractivity contribution < 1.29 is 18.7 Å². The molecule has 1 heterocycles. The van der Waals surface area contributed by atoms with Gasteiger partial charge in [-0.2, -0.15) is 0 Å². The summed E-state index contributed by atoms with van der Waals surface area (Å²) in [5.41, 5.74) is 2.58. The molecular formula is C26H25FN4O3S. The Kier molecular flexibility index (Phi) is 8.48. The van der Waals surface area contributed by atoms with Crippen LogP contribution in [0.3, 0.4) is 0 Å². The summed E-state index contributed by atoms with van der Waals surface area (Å²) in [5, 5.41) is 11.9. The van der Waals surface area contributed by atoms with E-state index in [9.17, 15) is 9.18 Å². The normalized spacial score (nSPS) is 10.8. The highest BCUT2D eigenvalue weighted by Crippen LogP contribution is 2.30. The number of methoxy groups -OCH3 is 1. The second-order valence-electron chi connectivity index (χ2n) is 7.54. The van der Waals surface area contributed by atoms with Gasteiger partial charge in [0.25, 0.3) is 0 Å². The van der Waals surface area contributed by atoms with E-state index in [1.807, 2.05) is 59.2 Å². The van der Waals surface area contributed by atoms with Crippen molar-refractivity contribution >= 4 is 23.4 Å². The van der Waals surface area contributed by atoms with Crippen LogP contribution in [0, 0.1) is 5.82 Å². The number of rotatable bonds is 11. The molecule has 1 N–H and O–H groups in total. The van der Waals surface area contributed by atoms with Crippen LogP contribution in [0.15, 0.2) is 84.0 Å². The van der Waals surface area contributed by atoms with Gasteiger partial charge in [-0.25, -0.2) is 4.39 Å². The van der Waals surface area contributed by atoms with Crippen molar-refractivity contribution in [3.05, 3.63) is 90.5 Å². The molecule has 3 aromatic carbocycles. The van der Waals surface area contributed by atoms with Gasteiger partial charge in [0, 0.05) is 24.9 Å². The Morgan fingerprint density at radius 2 is 1.74 bits per heavy atom. The minimum atomic E-state index is -0.357. The number of amides is 1. The maximum Gasteiger partial charge on any atom is 0.234 e. The lowest BCUT2D eigenvalue weighted by Crippen LogP contribution is -2.16.